The Bertz CT molecular complexity index is 858. The van der Waals surface area contributed by atoms with Crippen molar-refractivity contribution >= 4 is 11.8 Å². The molecule has 3 aromatic rings. The van der Waals surface area contributed by atoms with Gasteiger partial charge in [0.05, 0.1) is 6.54 Å². The molecular formula is C20H24N6O. The monoisotopic (exact) mass is 364 g/mol. The molecule has 2 N–H and O–H groups in total. The average molecular weight is 364 g/mol. The fourth-order valence-corrected chi connectivity index (χ4v) is 2.66. The molecule has 2 amide bonds. The van der Waals surface area contributed by atoms with Crippen LogP contribution in [0.1, 0.15) is 16.7 Å². The van der Waals surface area contributed by atoms with Gasteiger partial charge in [0.25, 0.3) is 0 Å². The summed E-state index contributed by atoms with van der Waals surface area (Å²) in [4.78, 5) is 18.4. The number of aromatic nitrogens is 3. The number of urea groups is 1. The summed E-state index contributed by atoms with van der Waals surface area (Å²) in [5, 5.41) is 10.0. The van der Waals surface area contributed by atoms with E-state index in [9.17, 15) is 4.79 Å². The van der Waals surface area contributed by atoms with Crippen molar-refractivity contribution in [1.29, 1.82) is 0 Å². The second-order valence-corrected chi connectivity index (χ2v) is 6.43. The molecule has 2 heterocycles. The highest BCUT2D eigenvalue weighted by Gasteiger charge is 2.06. The molecule has 0 aliphatic carbocycles. The Hall–Kier alpha value is -3.35. The summed E-state index contributed by atoms with van der Waals surface area (Å²) in [7, 11) is 3.88. The molecular weight excluding hydrogens is 340 g/mol. The first-order valence-corrected chi connectivity index (χ1v) is 8.80. The van der Waals surface area contributed by atoms with E-state index in [2.05, 4.69) is 26.8 Å². The van der Waals surface area contributed by atoms with Crippen molar-refractivity contribution in [3.8, 4) is 0 Å². The highest BCUT2D eigenvalue weighted by atomic mass is 16.2. The zero-order chi connectivity index (χ0) is 19.1. The largest absolute Gasteiger partial charge is 0.363 e. The standard InChI is InChI=1S/C20H24N6O/c1-25(2)19-9-8-16(12-21-19)13-22-20(27)23-14-17-6-3-4-7-18(17)15-26-11-5-10-24-26/h3-12H,13-15H2,1-2H3,(H2,22,23,27). The van der Waals surface area contributed by atoms with Crippen molar-refractivity contribution in [2.75, 3.05) is 19.0 Å². The minimum atomic E-state index is -0.208. The highest BCUT2D eigenvalue weighted by Crippen LogP contribution is 2.10. The van der Waals surface area contributed by atoms with Gasteiger partial charge in [-0.2, -0.15) is 5.10 Å². The number of nitrogens with zero attached hydrogens (tertiary/aromatic N) is 4. The van der Waals surface area contributed by atoms with Gasteiger partial charge in [0.15, 0.2) is 0 Å². The van der Waals surface area contributed by atoms with E-state index in [1.165, 1.54) is 0 Å². The topological polar surface area (TPSA) is 75.1 Å². The summed E-state index contributed by atoms with van der Waals surface area (Å²) in [6.07, 6.45) is 5.45. The van der Waals surface area contributed by atoms with Crippen LogP contribution in [0.2, 0.25) is 0 Å². The summed E-state index contributed by atoms with van der Waals surface area (Å²) in [6, 6.07) is 13.6. The summed E-state index contributed by atoms with van der Waals surface area (Å²) < 4.78 is 1.86. The lowest BCUT2D eigenvalue weighted by Crippen LogP contribution is -2.34. The minimum absolute atomic E-state index is 0.208. The van der Waals surface area contributed by atoms with Crippen LogP contribution in [-0.4, -0.2) is 34.9 Å². The van der Waals surface area contributed by atoms with Crippen LogP contribution in [-0.2, 0) is 19.6 Å². The van der Waals surface area contributed by atoms with E-state index in [1.54, 1.807) is 12.4 Å². The van der Waals surface area contributed by atoms with E-state index < -0.39 is 0 Å². The van der Waals surface area contributed by atoms with Gasteiger partial charge in [0.1, 0.15) is 5.82 Å². The Morgan fingerprint density at radius 3 is 2.48 bits per heavy atom. The molecule has 7 nitrogen and oxygen atoms in total. The molecule has 0 fully saturated rings. The van der Waals surface area contributed by atoms with Gasteiger partial charge in [-0.3, -0.25) is 4.68 Å². The molecule has 0 unspecified atom stereocenters. The SMILES string of the molecule is CN(C)c1ccc(CNC(=O)NCc2ccccc2Cn2cccn2)cn1. The Balaban J connectivity index is 1.50. The first-order valence-electron chi connectivity index (χ1n) is 8.80. The van der Waals surface area contributed by atoms with E-state index in [1.807, 2.05) is 66.3 Å². The van der Waals surface area contributed by atoms with Crippen molar-refractivity contribution in [3.05, 3.63) is 77.7 Å². The van der Waals surface area contributed by atoms with Crippen LogP contribution in [0.3, 0.4) is 0 Å². The Kier molecular flexibility index (Phi) is 6.04. The van der Waals surface area contributed by atoms with E-state index in [4.69, 9.17) is 0 Å². The smallest absolute Gasteiger partial charge is 0.315 e. The average Bonchev–Trinajstić information content (AvgIpc) is 3.19. The molecule has 1 aromatic carbocycles. The fourth-order valence-electron chi connectivity index (χ4n) is 2.66. The third kappa shape index (κ3) is 5.31. The van der Waals surface area contributed by atoms with Crippen molar-refractivity contribution in [2.45, 2.75) is 19.6 Å². The summed E-state index contributed by atoms with van der Waals surface area (Å²) in [6.45, 7) is 1.57. The first-order chi connectivity index (χ1) is 13.1. The number of hydrogen-bond donors (Lipinski definition) is 2. The van der Waals surface area contributed by atoms with E-state index in [0.29, 0.717) is 19.6 Å². The molecule has 0 radical (unpaired) electrons. The van der Waals surface area contributed by atoms with Crippen LogP contribution >= 0.6 is 0 Å². The lowest BCUT2D eigenvalue weighted by Gasteiger charge is -2.13. The number of carbonyl (C=O) groups is 1. The Morgan fingerprint density at radius 1 is 1.04 bits per heavy atom. The van der Waals surface area contributed by atoms with Gasteiger partial charge in [-0.05, 0) is 28.8 Å². The molecule has 0 aliphatic heterocycles. The molecule has 0 bridgehead atoms. The van der Waals surface area contributed by atoms with Gasteiger partial charge in [-0.15, -0.1) is 0 Å². The quantitative estimate of drug-likeness (QED) is 0.675. The number of amides is 2. The number of benzene rings is 1. The van der Waals surface area contributed by atoms with E-state index >= 15 is 0 Å². The molecule has 0 atom stereocenters. The van der Waals surface area contributed by atoms with Gasteiger partial charge < -0.3 is 15.5 Å². The second-order valence-electron chi connectivity index (χ2n) is 6.43. The number of pyridine rings is 1. The van der Waals surface area contributed by atoms with Crippen LogP contribution in [0.15, 0.2) is 61.1 Å². The number of nitrogens with one attached hydrogen (secondary N) is 2. The van der Waals surface area contributed by atoms with Gasteiger partial charge in [-0.1, -0.05) is 30.3 Å². The van der Waals surface area contributed by atoms with Crippen molar-refractivity contribution in [2.24, 2.45) is 0 Å². The summed E-state index contributed by atoms with van der Waals surface area (Å²) in [5.74, 6) is 0.886. The molecule has 140 valence electrons. The highest BCUT2D eigenvalue weighted by molar-refractivity contribution is 5.73. The first kappa shape index (κ1) is 18.4. The Labute approximate surface area is 159 Å². The van der Waals surface area contributed by atoms with Crippen LogP contribution in [0.4, 0.5) is 10.6 Å². The number of carbonyl (C=O) groups excluding carboxylic acids is 1. The van der Waals surface area contributed by atoms with E-state index in [0.717, 1.165) is 22.5 Å². The molecule has 0 spiro atoms. The molecule has 0 aliphatic rings. The predicted octanol–water partition coefficient (Wildman–Crippen LogP) is 2.39. The van der Waals surface area contributed by atoms with Gasteiger partial charge in [-0.25, -0.2) is 9.78 Å². The van der Waals surface area contributed by atoms with Crippen LogP contribution in [0.25, 0.3) is 0 Å². The molecule has 0 saturated heterocycles. The molecule has 7 heteroatoms. The normalized spacial score (nSPS) is 10.4. The molecule has 27 heavy (non-hydrogen) atoms. The summed E-state index contributed by atoms with van der Waals surface area (Å²) in [5.41, 5.74) is 3.15. The van der Waals surface area contributed by atoms with Gasteiger partial charge in [0, 0.05) is 45.8 Å². The zero-order valence-corrected chi connectivity index (χ0v) is 15.6. The molecule has 3 rings (SSSR count). The summed E-state index contributed by atoms with van der Waals surface area (Å²) >= 11 is 0. The van der Waals surface area contributed by atoms with E-state index in [-0.39, 0.29) is 6.03 Å². The zero-order valence-electron chi connectivity index (χ0n) is 15.6. The van der Waals surface area contributed by atoms with Crippen molar-refractivity contribution in [1.82, 2.24) is 25.4 Å². The number of hydrogen-bond acceptors (Lipinski definition) is 4. The van der Waals surface area contributed by atoms with Gasteiger partial charge >= 0.3 is 6.03 Å². The minimum Gasteiger partial charge on any atom is -0.363 e. The van der Waals surface area contributed by atoms with Crippen LogP contribution in [0.5, 0.6) is 0 Å². The lowest BCUT2D eigenvalue weighted by molar-refractivity contribution is 0.240. The third-order valence-corrected chi connectivity index (χ3v) is 4.17. The lowest BCUT2D eigenvalue weighted by atomic mass is 10.1. The fraction of sp³-hybridized carbons (Fsp3) is 0.250. The third-order valence-electron chi connectivity index (χ3n) is 4.17. The molecule has 0 saturated carbocycles. The second kappa shape index (κ2) is 8.84. The van der Waals surface area contributed by atoms with Crippen LogP contribution in [0, 0.1) is 0 Å². The molecule has 2 aromatic heterocycles. The van der Waals surface area contributed by atoms with Crippen LogP contribution < -0.4 is 15.5 Å². The number of rotatable bonds is 7. The predicted molar refractivity (Wildman–Crippen MR) is 105 cm³/mol. The van der Waals surface area contributed by atoms with Crippen molar-refractivity contribution in [3.63, 3.8) is 0 Å². The van der Waals surface area contributed by atoms with Gasteiger partial charge in [0.2, 0.25) is 0 Å². The maximum Gasteiger partial charge on any atom is 0.315 e. The van der Waals surface area contributed by atoms with Crippen molar-refractivity contribution < 1.29 is 4.79 Å². The maximum absolute atomic E-state index is 12.1. The Morgan fingerprint density at radius 2 is 1.81 bits per heavy atom. The number of anilines is 1. The maximum atomic E-state index is 12.1.